The van der Waals surface area contributed by atoms with Crippen LogP contribution in [-0.4, -0.2) is 35.0 Å². The Kier molecular flexibility index (Phi) is 5.00. The summed E-state index contributed by atoms with van der Waals surface area (Å²) >= 11 is 0. The molecule has 1 fully saturated rings. The number of halogens is 1. The SMILES string of the molecule is Cc1cc(-c2[nH]c3cc(F)c(C4CCN(C)CC4)cc3c2C(C)C)cc(C)n1. The Labute approximate surface area is 167 Å². The summed E-state index contributed by atoms with van der Waals surface area (Å²) in [5.74, 6) is 0.574. The van der Waals surface area contributed by atoms with Crippen LogP contribution in [0, 0.1) is 19.7 Å². The van der Waals surface area contributed by atoms with E-state index in [1.54, 1.807) is 6.07 Å². The van der Waals surface area contributed by atoms with Crippen molar-refractivity contribution in [2.45, 2.75) is 52.4 Å². The standard InChI is InChI=1S/C24H30FN3/c1-14(2)23-20-12-19(17-6-8-28(5)9-7-17)21(25)13-22(20)27-24(23)18-10-15(3)26-16(4)11-18/h10-14,17,27H,6-9H2,1-5H3. The molecule has 0 spiro atoms. The van der Waals surface area contributed by atoms with Gasteiger partial charge in [0.25, 0.3) is 0 Å². The zero-order chi connectivity index (χ0) is 20.0. The van der Waals surface area contributed by atoms with Crippen molar-refractivity contribution in [1.29, 1.82) is 0 Å². The third kappa shape index (κ3) is 3.46. The number of benzene rings is 1. The fourth-order valence-corrected chi connectivity index (χ4v) is 4.69. The second kappa shape index (κ2) is 7.32. The monoisotopic (exact) mass is 379 g/mol. The van der Waals surface area contributed by atoms with Gasteiger partial charge in [0.05, 0.1) is 5.69 Å². The third-order valence-electron chi connectivity index (χ3n) is 6.06. The van der Waals surface area contributed by atoms with Crippen LogP contribution in [0.4, 0.5) is 4.39 Å². The second-order valence-electron chi connectivity index (χ2n) is 8.70. The Morgan fingerprint density at radius 2 is 1.71 bits per heavy atom. The van der Waals surface area contributed by atoms with Crippen molar-refractivity contribution >= 4 is 10.9 Å². The molecule has 0 atom stereocenters. The van der Waals surface area contributed by atoms with Crippen molar-refractivity contribution in [3.05, 3.63) is 52.6 Å². The topological polar surface area (TPSA) is 31.9 Å². The van der Waals surface area contributed by atoms with Crippen LogP contribution in [0.25, 0.3) is 22.2 Å². The molecule has 1 saturated heterocycles. The summed E-state index contributed by atoms with van der Waals surface area (Å²) in [6.07, 6.45) is 2.05. The van der Waals surface area contributed by atoms with Gasteiger partial charge in [0.15, 0.2) is 0 Å². The van der Waals surface area contributed by atoms with Crippen LogP contribution >= 0.6 is 0 Å². The molecule has 0 unspecified atom stereocenters. The van der Waals surface area contributed by atoms with Crippen LogP contribution in [-0.2, 0) is 0 Å². The van der Waals surface area contributed by atoms with Gasteiger partial charge in [-0.05, 0) is 94.1 Å². The van der Waals surface area contributed by atoms with Crippen LogP contribution in [0.3, 0.4) is 0 Å². The van der Waals surface area contributed by atoms with E-state index in [4.69, 9.17) is 0 Å². The van der Waals surface area contributed by atoms with Gasteiger partial charge in [-0.15, -0.1) is 0 Å². The highest BCUT2D eigenvalue weighted by atomic mass is 19.1. The Morgan fingerprint density at radius 3 is 2.32 bits per heavy atom. The van der Waals surface area contributed by atoms with Gasteiger partial charge in [-0.2, -0.15) is 0 Å². The molecule has 1 aliphatic heterocycles. The molecule has 28 heavy (non-hydrogen) atoms. The molecule has 3 nitrogen and oxygen atoms in total. The van der Waals surface area contributed by atoms with E-state index in [2.05, 4.69) is 54.0 Å². The molecule has 1 N–H and O–H groups in total. The number of aromatic nitrogens is 2. The van der Waals surface area contributed by atoms with Gasteiger partial charge in [0, 0.05) is 27.9 Å². The van der Waals surface area contributed by atoms with Crippen molar-refractivity contribution < 1.29 is 4.39 Å². The van der Waals surface area contributed by atoms with E-state index >= 15 is 4.39 Å². The van der Waals surface area contributed by atoms with Crippen molar-refractivity contribution in [2.24, 2.45) is 0 Å². The lowest BCUT2D eigenvalue weighted by Gasteiger charge is -2.29. The van der Waals surface area contributed by atoms with E-state index in [-0.39, 0.29) is 5.82 Å². The molecule has 0 saturated carbocycles. The van der Waals surface area contributed by atoms with Crippen LogP contribution in [0.2, 0.25) is 0 Å². The summed E-state index contributed by atoms with van der Waals surface area (Å²) < 4.78 is 15.0. The van der Waals surface area contributed by atoms with Crippen molar-refractivity contribution in [3.8, 4) is 11.3 Å². The summed E-state index contributed by atoms with van der Waals surface area (Å²) in [6.45, 7) is 10.5. The third-order valence-corrected chi connectivity index (χ3v) is 6.06. The minimum Gasteiger partial charge on any atom is -0.354 e. The Hall–Kier alpha value is -2.20. The molecule has 4 heteroatoms. The van der Waals surface area contributed by atoms with Crippen molar-refractivity contribution in [3.63, 3.8) is 0 Å². The number of fused-ring (bicyclic) bond motifs is 1. The van der Waals surface area contributed by atoms with E-state index in [1.165, 1.54) is 5.56 Å². The molecule has 2 aromatic heterocycles. The van der Waals surface area contributed by atoms with Gasteiger partial charge in [0.2, 0.25) is 0 Å². The van der Waals surface area contributed by atoms with Gasteiger partial charge in [-0.1, -0.05) is 13.8 Å². The highest BCUT2D eigenvalue weighted by molar-refractivity contribution is 5.92. The average molecular weight is 380 g/mol. The van der Waals surface area contributed by atoms with Crippen LogP contribution in [0.1, 0.15) is 61.0 Å². The highest BCUT2D eigenvalue weighted by Gasteiger charge is 2.24. The largest absolute Gasteiger partial charge is 0.354 e. The summed E-state index contributed by atoms with van der Waals surface area (Å²) in [7, 11) is 2.14. The fraction of sp³-hybridized carbons (Fsp3) is 0.458. The number of likely N-dealkylation sites (tertiary alicyclic amines) is 1. The second-order valence-corrected chi connectivity index (χ2v) is 8.70. The zero-order valence-electron chi connectivity index (χ0n) is 17.6. The maximum absolute atomic E-state index is 15.0. The molecule has 0 amide bonds. The molecule has 148 valence electrons. The number of H-pyrrole nitrogens is 1. The molecule has 3 aromatic rings. The maximum atomic E-state index is 15.0. The van der Waals surface area contributed by atoms with E-state index in [1.807, 2.05) is 13.8 Å². The van der Waals surface area contributed by atoms with Gasteiger partial charge < -0.3 is 9.88 Å². The van der Waals surface area contributed by atoms with E-state index < -0.39 is 0 Å². The minimum atomic E-state index is -0.0766. The molecule has 3 heterocycles. The lowest BCUT2D eigenvalue weighted by molar-refractivity contribution is 0.253. The molecular formula is C24H30FN3. The van der Waals surface area contributed by atoms with E-state index in [0.29, 0.717) is 11.8 Å². The number of nitrogens with zero attached hydrogens (tertiary/aromatic N) is 2. The predicted molar refractivity (Wildman–Crippen MR) is 115 cm³/mol. The maximum Gasteiger partial charge on any atom is 0.128 e. The van der Waals surface area contributed by atoms with Crippen molar-refractivity contribution in [1.82, 2.24) is 14.9 Å². The zero-order valence-corrected chi connectivity index (χ0v) is 17.6. The normalized spacial score (nSPS) is 16.4. The fourth-order valence-electron chi connectivity index (χ4n) is 4.69. The number of aryl methyl sites for hydroxylation is 2. The average Bonchev–Trinajstić information content (AvgIpc) is 2.99. The molecule has 0 aliphatic carbocycles. The minimum absolute atomic E-state index is 0.0766. The number of aromatic amines is 1. The molecule has 4 rings (SSSR count). The molecule has 1 aliphatic rings. The smallest absolute Gasteiger partial charge is 0.128 e. The number of hydrogen-bond donors (Lipinski definition) is 1. The van der Waals surface area contributed by atoms with E-state index in [9.17, 15) is 0 Å². The van der Waals surface area contributed by atoms with Gasteiger partial charge in [0.1, 0.15) is 5.82 Å². The predicted octanol–water partition coefficient (Wildman–Crippen LogP) is 5.92. The van der Waals surface area contributed by atoms with Gasteiger partial charge >= 0.3 is 0 Å². The highest BCUT2D eigenvalue weighted by Crippen LogP contribution is 2.39. The number of pyridine rings is 1. The molecule has 0 bridgehead atoms. The molecular weight excluding hydrogens is 349 g/mol. The van der Waals surface area contributed by atoms with Crippen molar-refractivity contribution in [2.75, 3.05) is 20.1 Å². The first-order valence-corrected chi connectivity index (χ1v) is 10.3. The number of piperidine rings is 1. The van der Waals surface area contributed by atoms with E-state index in [0.717, 1.165) is 65.0 Å². The van der Waals surface area contributed by atoms with Crippen LogP contribution in [0.15, 0.2) is 24.3 Å². The first-order chi connectivity index (χ1) is 13.3. The van der Waals surface area contributed by atoms with Gasteiger partial charge in [-0.3, -0.25) is 4.98 Å². The summed E-state index contributed by atoms with van der Waals surface area (Å²) in [5, 5.41) is 1.16. The van der Waals surface area contributed by atoms with Crippen LogP contribution in [0.5, 0.6) is 0 Å². The first-order valence-electron chi connectivity index (χ1n) is 10.3. The Bertz CT molecular complexity index is 990. The quantitative estimate of drug-likeness (QED) is 0.613. The summed E-state index contributed by atoms with van der Waals surface area (Å²) in [4.78, 5) is 10.4. The number of rotatable bonds is 3. The summed E-state index contributed by atoms with van der Waals surface area (Å²) in [5.41, 5.74) is 7.28. The Morgan fingerprint density at radius 1 is 1.07 bits per heavy atom. The van der Waals surface area contributed by atoms with Crippen LogP contribution < -0.4 is 0 Å². The first kappa shape index (κ1) is 19.1. The number of hydrogen-bond acceptors (Lipinski definition) is 2. The Balaban J connectivity index is 1.87. The lowest BCUT2D eigenvalue weighted by Crippen LogP contribution is -2.29. The lowest BCUT2D eigenvalue weighted by atomic mass is 9.87. The molecule has 0 radical (unpaired) electrons. The van der Waals surface area contributed by atoms with Gasteiger partial charge in [-0.25, -0.2) is 4.39 Å². The number of nitrogens with one attached hydrogen (secondary N) is 1. The molecule has 1 aromatic carbocycles. The summed E-state index contributed by atoms with van der Waals surface area (Å²) in [6, 6.07) is 8.05.